The van der Waals surface area contributed by atoms with E-state index in [1.54, 1.807) is 24.3 Å². The Morgan fingerprint density at radius 2 is 1.68 bits per heavy atom. The first-order chi connectivity index (χ1) is 13.1. The maximum Gasteiger partial charge on any atom is 0.243 e. The number of carbonyl (C=O) groups excluding carboxylic acids is 1. The number of rotatable bonds is 5. The van der Waals surface area contributed by atoms with Crippen molar-refractivity contribution in [1.29, 1.82) is 0 Å². The number of sulfonamides is 1. The summed E-state index contributed by atoms with van der Waals surface area (Å²) in [5.41, 5.74) is 0.467. The molecule has 6 nitrogen and oxygen atoms in total. The molecule has 0 radical (unpaired) electrons. The number of carbonyl (C=O) groups is 1. The van der Waals surface area contributed by atoms with Gasteiger partial charge in [-0.25, -0.2) is 16.8 Å². The van der Waals surface area contributed by atoms with Crippen LogP contribution in [-0.4, -0.2) is 46.3 Å². The van der Waals surface area contributed by atoms with Crippen LogP contribution in [-0.2, 0) is 19.9 Å². The smallest absolute Gasteiger partial charge is 0.243 e. The van der Waals surface area contributed by atoms with Gasteiger partial charge in [0.25, 0.3) is 0 Å². The zero-order chi connectivity index (χ0) is 20.5. The number of halogens is 1. The van der Waals surface area contributed by atoms with Gasteiger partial charge in [0.15, 0.2) is 15.6 Å². The van der Waals surface area contributed by atoms with Gasteiger partial charge in [-0.15, -0.1) is 0 Å². The van der Waals surface area contributed by atoms with Crippen molar-refractivity contribution in [3.05, 3.63) is 59.1 Å². The van der Waals surface area contributed by atoms with Gasteiger partial charge in [-0.2, -0.15) is 4.31 Å². The average molecular weight is 442 g/mol. The second-order valence-corrected chi connectivity index (χ2v) is 11.2. The highest BCUT2D eigenvalue weighted by atomic mass is 35.5. The molecule has 0 amide bonds. The van der Waals surface area contributed by atoms with Crippen molar-refractivity contribution in [1.82, 2.24) is 4.31 Å². The molecule has 2 aromatic carbocycles. The Morgan fingerprint density at radius 3 is 2.29 bits per heavy atom. The molecular formula is C19H20ClNO5S2. The molecule has 0 bridgehead atoms. The molecule has 1 fully saturated rings. The molecule has 0 spiro atoms. The molecule has 1 heterocycles. The van der Waals surface area contributed by atoms with Crippen molar-refractivity contribution in [2.75, 3.05) is 19.3 Å². The molecule has 1 aliphatic heterocycles. The standard InChI is InChI=1S/C19H20ClNO5S2/c1-27(23,24)17-7-9-18(10-8-17)28(25,26)21-11-3-5-15(13-21)19(22)14-4-2-6-16(20)12-14/h2,4,6-10,12,15H,3,5,11,13H2,1H3/t15-/m1/s1. The van der Waals surface area contributed by atoms with Gasteiger partial charge < -0.3 is 0 Å². The molecule has 0 N–H and O–H groups in total. The van der Waals surface area contributed by atoms with Gasteiger partial charge in [0.2, 0.25) is 10.0 Å². The number of Topliss-reactive ketones (excluding diaryl/α,β-unsaturated/α-hetero) is 1. The Morgan fingerprint density at radius 1 is 1.04 bits per heavy atom. The summed E-state index contributed by atoms with van der Waals surface area (Å²) in [4.78, 5) is 12.8. The molecule has 28 heavy (non-hydrogen) atoms. The first-order valence-corrected chi connectivity index (χ1v) is 12.4. The van der Waals surface area contributed by atoms with E-state index in [9.17, 15) is 21.6 Å². The van der Waals surface area contributed by atoms with E-state index >= 15 is 0 Å². The molecule has 2 aromatic rings. The number of piperidine rings is 1. The van der Waals surface area contributed by atoms with Crippen molar-refractivity contribution in [2.24, 2.45) is 5.92 Å². The largest absolute Gasteiger partial charge is 0.294 e. The molecule has 3 rings (SSSR count). The minimum atomic E-state index is -3.82. The van der Waals surface area contributed by atoms with Gasteiger partial charge in [0, 0.05) is 35.8 Å². The van der Waals surface area contributed by atoms with Crippen molar-refractivity contribution in [3.63, 3.8) is 0 Å². The molecule has 1 aliphatic rings. The fourth-order valence-corrected chi connectivity index (χ4v) is 5.60. The Hall–Kier alpha value is -1.74. The summed E-state index contributed by atoms with van der Waals surface area (Å²) in [6.45, 7) is 0.400. The topological polar surface area (TPSA) is 88.6 Å². The Kier molecular flexibility index (Phi) is 5.95. The quantitative estimate of drug-likeness (QED) is 0.665. The molecule has 0 aromatic heterocycles. The molecule has 150 valence electrons. The maximum atomic E-state index is 13.0. The van der Waals surface area contributed by atoms with E-state index in [2.05, 4.69) is 0 Å². The molecular weight excluding hydrogens is 422 g/mol. The summed E-state index contributed by atoms with van der Waals surface area (Å²) in [7, 11) is -7.23. The Bertz CT molecular complexity index is 1100. The lowest BCUT2D eigenvalue weighted by Crippen LogP contribution is -2.42. The highest BCUT2D eigenvalue weighted by Crippen LogP contribution is 2.27. The van der Waals surface area contributed by atoms with Crippen LogP contribution >= 0.6 is 11.6 Å². The van der Waals surface area contributed by atoms with Gasteiger partial charge in [-0.3, -0.25) is 4.79 Å². The van der Waals surface area contributed by atoms with E-state index < -0.39 is 25.8 Å². The van der Waals surface area contributed by atoms with Crippen LogP contribution in [0.4, 0.5) is 0 Å². The normalized spacial score (nSPS) is 18.7. The van der Waals surface area contributed by atoms with E-state index in [4.69, 9.17) is 11.6 Å². The number of hydrogen-bond acceptors (Lipinski definition) is 5. The zero-order valence-electron chi connectivity index (χ0n) is 15.2. The number of benzene rings is 2. The Labute approximate surface area is 170 Å². The first-order valence-electron chi connectivity index (χ1n) is 8.69. The van der Waals surface area contributed by atoms with Crippen molar-refractivity contribution in [2.45, 2.75) is 22.6 Å². The molecule has 0 unspecified atom stereocenters. The number of ketones is 1. The van der Waals surface area contributed by atoms with Crippen molar-refractivity contribution < 1.29 is 21.6 Å². The summed E-state index contributed by atoms with van der Waals surface area (Å²) in [6.07, 6.45) is 2.23. The van der Waals surface area contributed by atoms with E-state index in [1.165, 1.54) is 28.6 Å². The lowest BCUT2D eigenvalue weighted by Gasteiger charge is -2.31. The highest BCUT2D eigenvalue weighted by molar-refractivity contribution is 7.90. The number of sulfone groups is 1. The molecule has 1 saturated heterocycles. The second-order valence-electron chi connectivity index (χ2n) is 6.82. The van der Waals surface area contributed by atoms with Gasteiger partial charge in [0.1, 0.15) is 0 Å². The summed E-state index contributed by atoms with van der Waals surface area (Å²) < 4.78 is 50.3. The third-order valence-corrected chi connectivity index (χ3v) is 8.00. The predicted octanol–water partition coefficient (Wildman–Crippen LogP) is 3.03. The van der Waals surface area contributed by atoms with Gasteiger partial charge in [0.05, 0.1) is 9.79 Å². The van der Waals surface area contributed by atoms with E-state index in [1.807, 2.05) is 0 Å². The number of nitrogens with zero attached hydrogens (tertiary/aromatic N) is 1. The summed E-state index contributed by atoms with van der Waals surface area (Å²) in [5.74, 6) is -0.577. The predicted molar refractivity (Wildman–Crippen MR) is 107 cm³/mol. The molecule has 1 atom stereocenters. The van der Waals surface area contributed by atoms with E-state index in [0.717, 1.165) is 6.26 Å². The lowest BCUT2D eigenvalue weighted by molar-refractivity contribution is 0.0872. The first kappa shape index (κ1) is 21.0. The van der Waals surface area contributed by atoms with Gasteiger partial charge >= 0.3 is 0 Å². The van der Waals surface area contributed by atoms with Crippen LogP contribution < -0.4 is 0 Å². The zero-order valence-corrected chi connectivity index (χ0v) is 17.6. The van der Waals surface area contributed by atoms with E-state index in [0.29, 0.717) is 30.0 Å². The fraction of sp³-hybridized carbons (Fsp3) is 0.316. The van der Waals surface area contributed by atoms with Crippen molar-refractivity contribution >= 4 is 37.2 Å². The van der Waals surface area contributed by atoms with Crippen LogP contribution in [0.15, 0.2) is 58.3 Å². The maximum absolute atomic E-state index is 13.0. The summed E-state index contributed by atoms with van der Waals surface area (Å²) in [6, 6.07) is 11.8. The summed E-state index contributed by atoms with van der Waals surface area (Å²) >= 11 is 5.95. The SMILES string of the molecule is CS(=O)(=O)c1ccc(S(=O)(=O)N2CCC[C@@H](C(=O)c3cccc(Cl)c3)C2)cc1. The van der Waals surface area contributed by atoms with Crippen LogP contribution in [0.3, 0.4) is 0 Å². The summed E-state index contributed by atoms with van der Waals surface area (Å²) in [5, 5.41) is 0.456. The molecule has 0 aliphatic carbocycles. The van der Waals surface area contributed by atoms with Gasteiger partial charge in [-0.05, 0) is 49.2 Å². The number of hydrogen-bond donors (Lipinski definition) is 0. The molecule has 9 heteroatoms. The molecule has 0 saturated carbocycles. The minimum Gasteiger partial charge on any atom is -0.294 e. The fourth-order valence-electron chi connectivity index (χ4n) is 3.26. The van der Waals surface area contributed by atoms with Crippen LogP contribution in [0.25, 0.3) is 0 Å². The Balaban J connectivity index is 1.82. The average Bonchev–Trinajstić information content (AvgIpc) is 2.67. The van der Waals surface area contributed by atoms with Crippen LogP contribution in [0, 0.1) is 5.92 Å². The van der Waals surface area contributed by atoms with Crippen LogP contribution in [0.2, 0.25) is 5.02 Å². The monoisotopic (exact) mass is 441 g/mol. The minimum absolute atomic E-state index is 0.00996. The lowest BCUT2D eigenvalue weighted by atomic mass is 9.91. The van der Waals surface area contributed by atoms with Crippen LogP contribution in [0.1, 0.15) is 23.2 Å². The third-order valence-electron chi connectivity index (χ3n) is 4.75. The van der Waals surface area contributed by atoms with E-state index in [-0.39, 0.29) is 22.1 Å². The van der Waals surface area contributed by atoms with Crippen LogP contribution in [0.5, 0.6) is 0 Å². The third kappa shape index (κ3) is 4.46. The van der Waals surface area contributed by atoms with Gasteiger partial charge in [-0.1, -0.05) is 23.7 Å². The second kappa shape index (κ2) is 7.94. The van der Waals surface area contributed by atoms with Crippen molar-refractivity contribution in [3.8, 4) is 0 Å². The highest BCUT2D eigenvalue weighted by Gasteiger charge is 2.33.